The van der Waals surface area contributed by atoms with Crippen LogP contribution in [0.15, 0.2) is 0 Å². The highest BCUT2D eigenvalue weighted by molar-refractivity contribution is 7.88. The van der Waals surface area contributed by atoms with Gasteiger partial charge in [-0.3, -0.25) is 9.59 Å². The zero-order valence-corrected chi connectivity index (χ0v) is 18.3. The lowest BCUT2D eigenvalue weighted by Gasteiger charge is -2.32. The maximum absolute atomic E-state index is 12.9. The van der Waals surface area contributed by atoms with Gasteiger partial charge < -0.3 is 15.0 Å². The highest BCUT2D eigenvalue weighted by Gasteiger charge is 2.36. The number of thiophene rings is 1. The van der Waals surface area contributed by atoms with Crippen molar-refractivity contribution in [1.29, 1.82) is 0 Å². The normalized spacial score (nSPS) is 20.1. The lowest BCUT2D eigenvalue weighted by molar-refractivity contribution is -0.129. The lowest BCUT2D eigenvalue weighted by atomic mass is 10.0. The van der Waals surface area contributed by atoms with E-state index in [0.717, 1.165) is 23.1 Å². The van der Waals surface area contributed by atoms with E-state index >= 15 is 0 Å². The second-order valence-corrected chi connectivity index (χ2v) is 10.3. The predicted molar refractivity (Wildman–Crippen MR) is 108 cm³/mol. The van der Waals surface area contributed by atoms with Crippen molar-refractivity contribution < 1.29 is 27.5 Å². The molecule has 3 rings (SSSR count). The van der Waals surface area contributed by atoms with Gasteiger partial charge in [0.05, 0.1) is 25.5 Å². The Kier molecular flexibility index (Phi) is 6.30. The Labute approximate surface area is 174 Å². The highest BCUT2D eigenvalue weighted by atomic mass is 32.2. The summed E-state index contributed by atoms with van der Waals surface area (Å²) < 4.78 is 30.3. The van der Waals surface area contributed by atoms with E-state index in [1.54, 1.807) is 4.90 Å². The molecule has 1 saturated heterocycles. The Morgan fingerprint density at radius 2 is 1.93 bits per heavy atom. The third-order valence-corrected chi connectivity index (χ3v) is 7.73. The fourth-order valence-electron chi connectivity index (χ4n) is 3.84. The van der Waals surface area contributed by atoms with Gasteiger partial charge >= 0.3 is 5.97 Å². The van der Waals surface area contributed by atoms with Crippen molar-refractivity contribution in [2.45, 2.75) is 45.2 Å². The maximum atomic E-state index is 12.9. The largest absolute Gasteiger partial charge is 0.465 e. The lowest BCUT2D eigenvalue weighted by Crippen LogP contribution is -2.49. The molecule has 0 saturated carbocycles. The van der Waals surface area contributed by atoms with Crippen molar-refractivity contribution >= 4 is 44.1 Å². The zero-order chi connectivity index (χ0) is 21.3. The molecule has 0 aromatic carbocycles. The van der Waals surface area contributed by atoms with Gasteiger partial charge in [0, 0.05) is 24.9 Å². The number of rotatable bonds is 4. The summed E-state index contributed by atoms with van der Waals surface area (Å²) in [6.07, 6.45) is 3.47. The quantitative estimate of drug-likeness (QED) is 0.700. The Hall–Kier alpha value is -1.98. The Balaban J connectivity index is 1.91. The van der Waals surface area contributed by atoms with Crippen LogP contribution < -0.4 is 5.32 Å². The number of methoxy groups -OCH3 is 1. The second-order valence-electron chi connectivity index (χ2n) is 7.26. The standard InChI is InChI=1S/C18H25N3O6S2/c1-11(22)20-9-7-12-14(10-20)28-17(15(12)18(24)27-2)19-16(23)13-6-4-5-8-21(13)29(3,25)26/h13H,4-10H2,1-3H3,(H,19,23). The number of esters is 1. The molecule has 0 aliphatic carbocycles. The molecule has 160 valence electrons. The number of carbonyl (C=O) groups is 3. The molecule has 1 unspecified atom stereocenters. The fourth-order valence-corrected chi connectivity index (χ4v) is 6.22. The van der Waals surface area contributed by atoms with Gasteiger partial charge in [0.2, 0.25) is 21.8 Å². The number of nitrogens with zero attached hydrogens (tertiary/aromatic N) is 2. The summed E-state index contributed by atoms with van der Waals surface area (Å²) in [5, 5.41) is 3.11. The van der Waals surface area contributed by atoms with Gasteiger partial charge in [0.1, 0.15) is 11.0 Å². The molecule has 1 aromatic rings. The van der Waals surface area contributed by atoms with Crippen molar-refractivity contribution in [2.24, 2.45) is 0 Å². The van der Waals surface area contributed by atoms with E-state index in [1.165, 1.54) is 29.7 Å². The molecule has 1 aromatic heterocycles. The summed E-state index contributed by atoms with van der Waals surface area (Å²) in [5.74, 6) is -1.07. The molecular formula is C18H25N3O6S2. The van der Waals surface area contributed by atoms with Crippen molar-refractivity contribution in [3.8, 4) is 0 Å². The van der Waals surface area contributed by atoms with Crippen LogP contribution in [0.2, 0.25) is 0 Å². The summed E-state index contributed by atoms with van der Waals surface area (Å²) in [4.78, 5) is 39.6. The Morgan fingerprint density at radius 1 is 1.21 bits per heavy atom. The van der Waals surface area contributed by atoms with Crippen molar-refractivity contribution in [2.75, 3.05) is 31.8 Å². The minimum atomic E-state index is -3.52. The average Bonchev–Trinajstić information content (AvgIpc) is 3.03. The van der Waals surface area contributed by atoms with E-state index in [4.69, 9.17) is 4.74 Å². The molecule has 1 fully saturated rings. The number of piperidine rings is 1. The summed E-state index contributed by atoms with van der Waals surface area (Å²) >= 11 is 1.23. The second kappa shape index (κ2) is 8.41. The van der Waals surface area contributed by atoms with Crippen LogP contribution in [0.3, 0.4) is 0 Å². The molecule has 11 heteroatoms. The van der Waals surface area contributed by atoms with Crippen molar-refractivity contribution in [3.05, 3.63) is 16.0 Å². The number of anilines is 1. The third-order valence-electron chi connectivity index (χ3n) is 5.31. The fraction of sp³-hybridized carbons (Fsp3) is 0.611. The van der Waals surface area contributed by atoms with E-state index in [1.807, 2.05) is 0 Å². The summed E-state index contributed by atoms with van der Waals surface area (Å²) in [7, 11) is -2.25. The first-order valence-corrected chi connectivity index (χ1v) is 12.1. The molecule has 9 nitrogen and oxygen atoms in total. The summed E-state index contributed by atoms with van der Waals surface area (Å²) in [5.41, 5.74) is 1.07. The van der Waals surface area contributed by atoms with Crippen LogP contribution in [0, 0.1) is 0 Å². The molecule has 1 atom stereocenters. The number of amides is 2. The van der Waals surface area contributed by atoms with Gasteiger partial charge in [-0.25, -0.2) is 13.2 Å². The monoisotopic (exact) mass is 443 g/mol. The van der Waals surface area contributed by atoms with Crippen molar-refractivity contribution in [1.82, 2.24) is 9.21 Å². The van der Waals surface area contributed by atoms with Crippen LogP contribution in [0.4, 0.5) is 5.00 Å². The number of sulfonamides is 1. The van der Waals surface area contributed by atoms with Gasteiger partial charge in [0.15, 0.2) is 0 Å². The predicted octanol–water partition coefficient (Wildman–Crippen LogP) is 1.19. The SMILES string of the molecule is COC(=O)c1c(NC(=O)C2CCCCN2S(C)(=O)=O)sc2c1CCN(C(C)=O)C2. The van der Waals surface area contributed by atoms with Gasteiger partial charge in [-0.15, -0.1) is 11.3 Å². The van der Waals surface area contributed by atoms with E-state index in [9.17, 15) is 22.8 Å². The molecule has 0 bridgehead atoms. The van der Waals surface area contributed by atoms with Crippen LogP contribution in [0.25, 0.3) is 0 Å². The van der Waals surface area contributed by atoms with Gasteiger partial charge in [-0.2, -0.15) is 4.31 Å². The molecular weight excluding hydrogens is 418 g/mol. The van der Waals surface area contributed by atoms with E-state index in [2.05, 4.69) is 5.32 Å². The minimum Gasteiger partial charge on any atom is -0.465 e. The van der Waals surface area contributed by atoms with Crippen LogP contribution in [0.1, 0.15) is 47.0 Å². The number of hydrogen-bond donors (Lipinski definition) is 1. The topological polar surface area (TPSA) is 113 Å². The van der Waals surface area contributed by atoms with Crippen LogP contribution in [-0.4, -0.2) is 67.9 Å². The first kappa shape index (κ1) is 21.7. The zero-order valence-electron chi connectivity index (χ0n) is 16.7. The Bertz CT molecular complexity index is 940. The first-order valence-electron chi connectivity index (χ1n) is 9.39. The van der Waals surface area contributed by atoms with E-state index < -0.39 is 27.9 Å². The van der Waals surface area contributed by atoms with Gasteiger partial charge in [-0.05, 0) is 24.8 Å². The smallest absolute Gasteiger partial charge is 0.341 e. The van der Waals surface area contributed by atoms with Crippen LogP contribution >= 0.6 is 11.3 Å². The van der Waals surface area contributed by atoms with Crippen LogP contribution in [-0.2, 0) is 37.3 Å². The molecule has 0 spiro atoms. The van der Waals surface area contributed by atoms with E-state index in [0.29, 0.717) is 49.5 Å². The number of hydrogen-bond acceptors (Lipinski definition) is 7. The molecule has 1 N–H and O–H groups in total. The third kappa shape index (κ3) is 4.46. The van der Waals surface area contributed by atoms with Gasteiger partial charge in [0.25, 0.3) is 0 Å². The molecule has 2 aliphatic heterocycles. The summed E-state index contributed by atoms with van der Waals surface area (Å²) in [6, 6.07) is -0.808. The number of nitrogens with one attached hydrogen (secondary N) is 1. The number of carbonyl (C=O) groups excluding carboxylic acids is 3. The molecule has 2 aliphatic rings. The summed E-state index contributed by atoms with van der Waals surface area (Å²) in [6.45, 7) is 2.65. The van der Waals surface area contributed by atoms with Crippen molar-refractivity contribution in [3.63, 3.8) is 0 Å². The molecule has 0 radical (unpaired) electrons. The number of ether oxygens (including phenoxy) is 1. The average molecular weight is 444 g/mol. The first-order chi connectivity index (χ1) is 13.6. The van der Waals surface area contributed by atoms with Crippen LogP contribution in [0.5, 0.6) is 0 Å². The minimum absolute atomic E-state index is 0.0553. The van der Waals surface area contributed by atoms with E-state index in [-0.39, 0.29) is 5.91 Å². The molecule has 3 heterocycles. The maximum Gasteiger partial charge on any atom is 0.341 e. The molecule has 2 amide bonds. The Morgan fingerprint density at radius 3 is 2.55 bits per heavy atom. The highest BCUT2D eigenvalue weighted by Crippen LogP contribution is 2.38. The number of fused-ring (bicyclic) bond motifs is 1. The molecule has 29 heavy (non-hydrogen) atoms. The van der Waals surface area contributed by atoms with Gasteiger partial charge in [-0.1, -0.05) is 6.42 Å².